The van der Waals surface area contributed by atoms with Crippen LogP contribution in [0.2, 0.25) is 5.02 Å². The number of amides is 1. The molecule has 0 aliphatic carbocycles. The number of nitrogens with zero attached hydrogens (tertiary/aromatic N) is 5. The summed E-state index contributed by atoms with van der Waals surface area (Å²) in [7, 11) is 0. The molecule has 7 nitrogen and oxygen atoms in total. The van der Waals surface area contributed by atoms with Crippen molar-refractivity contribution >= 4 is 67.5 Å². The highest BCUT2D eigenvalue weighted by Crippen LogP contribution is 2.31. The Morgan fingerprint density at radius 3 is 2.68 bits per heavy atom. The van der Waals surface area contributed by atoms with Crippen molar-refractivity contribution in [2.24, 2.45) is 0 Å². The number of rotatable bonds is 6. The molecule has 0 bridgehead atoms. The molecule has 0 radical (unpaired) electrons. The molecule has 0 fully saturated rings. The number of halogens is 1. The summed E-state index contributed by atoms with van der Waals surface area (Å²) in [5.74, 6) is 0.0853. The fourth-order valence-corrected chi connectivity index (χ4v) is 5.85. The normalized spacial score (nSPS) is 11.3. The average Bonchev–Trinajstić information content (AvgIpc) is 3.53. The zero-order valence-corrected chi connectivity index (χ0v) is 21.9. The maximum Gasteiger partial charge on any atom is 0.234 e. The zero-order valence-electron chi connectivity index (χ0n) is 19.6. The van der Waals surface area contributed by atoms with Gasteiger partial charge < -0.3 is 5.32 Å². The second kappa shape index (κ2) is 9.93. The predicted octanol–water partition coefficient (Wildman–Crippen LogP) is 6.78. The van der Waals surface area contributed by atoms with Crippen LogP contribution in [0.3, 0.4) is 0 Å². The van der Waals surface area contributed by atoms with Gasteiger partial charge in [-0.3, -0.25) is 4.79 Å². The van der Waals surface area contributed by atoms with Crippen molar-refractivity contribution in [3.63, 3.8) is 0 Å². The average molecular weight is 543 g/mol. The maximum atomic E-state index is 12.7. The first-order chi connectivity index (χ1) is 18.0. The van der Waals surface area contributed by atoms with Crippen molar-refractivity contribution in [1.82, 2.24) is 24.7 Å². The van der Waals surface area contributed by atoms with Crippen LogP contribution < -0.4 is 5.32 Å². The SMILES string of the molecule is Cc1ccc2nc(-c3ccc(NC(=O)CSc4ncnc5c4cnn5-c4ccc(Cl)cc4)cc3)sc2c1. The minimum absolute atomic E-state index is 0.120. The molecule has 0 saturated heterocycles. The Labute approximate surface area is 225 Å². The summed E-state index contributed by atoms with van der Waals surface area (Å²) in [6.07, 6.45) is 3.20. The van der Waals surface area contributed by atoms with Crippen LogP contribution >= 0.6 is 34.7 Å². The number of aryl methyl sites for hydroxylation is 1. The Morgan fingerprint density at radius 1 is 1.05 bits per heavy atom. The summed E-state index contributed by atoms with van der Waals surface area (Å²) in [4.78, 5) is 26.1. The van der Waals surface area contributed by atoms with Gasteiger partial charge in [0, 0.05) is 16.3 Å². The predicted molar refractivity (Wildman–Crippen MR) is 151 cm³/mol. The first-order valence-electron chi connectivity index (χ1n) is 11.4. The van der Waals surface area contributed by atoms with E-state index in [-0.39, 0.29) is 11.7 Å². The molecule has 6 rings (SSSR count). The van der Waals surface area contributed by atoms with Crippen LogP contribution in [0.25, 0.3) is 37.5 Å². The van der Waals surface area contributed by atoms with Crippen LogP contribution in [0, 0.1) is 6.92 Å². The van der Waals surface area contributed by atoms with Crippen LogP contribution in [0.15, 0.2) is 84.3 Å². The van der Waals surface area contributed by atoms with Crippen LogP contribution in [0.1, 0.15) is 5.56 Å². The van der Waals surface area contributed by atoms with Gasteiger partial charge in [0.15, 0.2) is 5.65 Å². The van der Waals surface area contributed by atoms with Crippen LogP contribution in [-0.2, 0) is 4.79 Å². The number of carbonyl (C=O) groups excluding carboxylic acids is 1. The number of fused-ring (bicyclic) bond motifs is 2. The summed E-state index contributed by atoms with van der Waals surface area (Å²) in [6.45, 7) is 2.08. The lowest BCUT2D eigenvalue weighted by Crippen LogP contribution is -2.14. The summed E-state index contributed by atoms with van der Waals surface area (Å²) in [5, 5.41) is 10.5. The Hall–Kier alpha value is -3.79. The van der Waals surface area contributed by atoms with Crippen molar-refractivity contribution in [2.75, 3.05) is 11.1 Å². The number of thioether (sulfide) groups is 1. The van der Waals surface area contributed by atoms with Gasteiger partial charge in [0.25, 0.3) is 0 Å². The number of benzene rings is 3. The molecular formula is C27H19ClN6OS2. The van der Waals surface area contributed by atoms with Gasteiger partial charge in [-0.05, 0) is 73.2 Å². The quantitative estimate of drug-likeness (QED) is 0.184. The summed E-state index contributed by atoms with van der Waals surface area (Å²) in [6, 6.07) is 21.4. The smallest absolute Gasteiger partial charge is 0.234 e. The number of carbonyl (C=O) groups is 1. The van der Waals surface area contributed by atoms with Crippen molar-refractivity contribution in [3.8, 4) is 16.3 Å². The van der Waals surface area contributed by atoms with Crippen molar-refractivity contribution in [2.45, 2.75) is 11.9 Å². The molecular weight excluding hydrogens is 524 g/mol. The maximum absolute atomic E-state index is 12.7. The highest BCUT2D eigenvalue weighted by atomic mass is 35.5. The van der Waals surface area contributed by atoms with Gasteiger partial charge in [-0.1, -0.05) is 29.4 Å². The van der Waals surface area contributed by atoms with Gasteiger partial charge in [0.2, 0.25) is 5.91 Å². The molecule has 0 aliphatic rings. The van der Waals surface area contributed by atoms with Crippen molar-refractivity contribution < 1.29 is 4.79 Å². The molecule has 0 spiro atoms. The number of thiazole rings is 1. The highest BCUT2D eigenvalue weighted by molar-refractivity contribution is 8.00. The molecule has 1 N–H and O–H groups in total. The van der Waals surface area contributed by atoms with Gasteiger partial charge in [0.1, 0.15) is 16.4 Å². The van der Waals surface area contributed by atoms with E-state index in [1.807, 2.05) is 42.5 Å². The fraction of sp³-hybridized carbons (Fsp3) is 0.0741. The number of nitrogens with one attached hydrogen (secondary N) is 1. The molecule has 0 aliphatic heterocycles. The Balaban J connectivity index is 1.12. The Kier molecular flexibility index (Phi) is 6.33. The van der Waals surface area contributed by atoms with Gasteiger partial charge >= 0.3 is 0 Å². The van der Waals surface area contributed by atoms with E-state index in [0.717, 1.165) is 32.8 Å². The van der Waals surface area contributed by atoms with Crippen LogP contribution in [0.5, 0.6) is 0 Å². The van der Waals surface area contributed by atoms with E-state index in [1.54, 1.807) is 34.3 Å². The number of hydrogen-bond acceptors (Lipinski definition) is 7. The van der Waals surface area contributed by atoms with E-state index in [1.165, 1.54) is 28.4 Å². The van der Waals surface area contributed by atoms with Crippen LogP contribution in [-0.4, -0.2) is 36.4 Å². The Morgan fingerprint density at radius 2 is 1.86 bits per heavy atom. The Bertz CT molecular complexity index is 1750. The largest absolute Gasteiger partial charge is 0.325 e. The molecule has 0 saturated carbocycles. The number of hydrogen-bond donors (Lipinski definition) is 1. The summed E-state index contributed by atoms with van der Waals surface area (Å²) < 4.78 is 2.90. The molecule has 3 aromatic carbocycles. The van der Waals surface area contributed by atoms with Gasteiger partial charge in [-0.25, -0.2) is 19.6 Å². The summed E-state index contributed by atoms with van der Waals surface area (Å²) in [5.41, 5.74) is 5.48. The lowest BCUT2D eigenvalue weighted by molar-refractivity contribution is -0.113. The highest BCUT2D eigenvalue weighted by Gasteiger charge is 2.14. The molecule has 6 aromatic rings. The van der Waals surface area contributed by atoms with E-state index in [4.69, 9.17) is 16.6 Å². The second-order valence-electron chi connectivity index (χ2n) is 8.35. The number of anilines is 1. The lowest BCUT2D eigenvalue weighted by Gasteiger charge is -2.06. The van der Waals surface area contributed by atoms with Crippen molar-refractivity contribution in [3.05, 3.63) is 89.8 Å². The first-order valence-corrected chi connectivity index (χ1v) is 13.6. The van der Waals surface area contributed by atoms with Gasteiger partial charge in [0.05, 0.1) is 33.2 Å². The molecule has 0 unspecified atom stereocenters. The number of aromatic nitrogens is 5. The van der Waals surface area contributed by atoms with E-state index in [0.29, 0.717) is 15.7 Å². The third-order valence-corrected chi connectivity index (χ3v) is 8.02. The topological polar surface area (TPSA) is 85.6 Å². The minimum Gasteiger partial charge on any atom is -0.325 e. The van der Waals surface area contributed by atoms with E-state index >= 15 is 0 Å². The van der Waals surface area contributed by atoms with Gasteiger partial charge in [-0.15, -0.1) is 11.3 Å². The third-order valence-electron chi connectivity index (χ3n) is 5.70. The molecule has 10 heteroatoms. The second-order valence-corrected chi connectivity index (χ2v) is 10.8. The van der Waals surface area contributed by atoms with E-state index in [9.17, 15) is 4.79 Å². The lowest BCUT2D eigenvalue weighted by atomic mass is 10.2. The summed E-state index contributed by atoms with van der Waals surface area (Å²) >= 11 is 9.01. The minimum atomic E-state index is -0.120. The monoisotopic (exact) mass is 542 g/mol. The fourth-order valence-electron chi connectivity index (χ4n) is 3.89. The molecule has 182 valence electrons. The molecule has 1 amide bonds. The third kappa shape index (κ3) is 4.93. The standard InChI is InChI=1S/C27H19ClN6OS2/c1-16-2-11-22-23(12-16)37-26(33-22)17-3-7-19(8-4-17)32-24(35)14-36-27-21-13-31-34(25(21)29-15-30-27)20-9-5-18(28)6-10-20/h2-13,15H,14H2,1H3,(H,32,35). The van der Waals surface area contributed by atoms with E-state index in [2.05, 4.69) is 39.4 Å². The molecule has 0 atom stereocenters. The van der Waals surface area contributed by atoms with Crippen molar-refractivity contribution in [1.29, 1.82) is 0 Å². The zero-order chi connectivity index (χ0) is 25.4. The van der Waals surface area contributed by atoms with E-state index < -0.39 is 0 Å². The van der Waals surface area contributed by atoms with Gasteiger partial charge in [-0.2, -0.15) is 5.10 Å². The van der Waals surface area contributed by atoms with Crippen LogP contribution in [0.4, 0.5) is 5.69 Å². The molecule has 3 aromatic heterocycles. The first kappa shape index (κ1) is 23.6. The molecule has 37 heavy (non-hydrogen) atoms. The molecule has 3 heterocycles.